The maximum Gasteiger partial charge on any atom is 0.251 e. The molecule has 1 amide bonds. The number of para-hydroxylation sites is 1. The van der Waals surface area contributed by atoms with Crippen LogP contribution in [0.25, 0.3) is 0 Å². The lowest BCUT2D eigenvalue weighted by Gasteiger charge is -2.26. The van der Waals surface area contributed by atoms with Gasteiger partial charge in [0.1, 0.15) is 11.5 Å². The predicted octanol–water partition coefficient (Wildman–Crippen LogP) is 3.71. The van der Waals surface area contributed by atoms with E-state index in [-0.39, 0.29) is 11.9 Å². The first-order valence-electron chi connectivity index (χ1n) is 7.05. The highest BCUT2D eigenvalue weighted by Crippen LogP contribution is 2.32. The van der Waals surface area contributed by atoms with E-state index in [2.05, 4.69) is 21.2 Å². The molecular weight excluding hydrogens is 346 g/mol. The van der Waals surface area contributed by atoms with Crippen LogP contribution in [-0.2, 0) is 0 Å². The normalized spacial score (nSPS) is 16.4. The van der Waals surface area contributed by atoms with Crippen molar-refractivity contribution in [2.45, 2.75) is 12.5 Å². The van der Waals surface area contributed by atoms with E-state index < -0.39 is 0 Å². The minimum atomic E-state index is -0.106. The quantitative estimate of drug-likeness (QED) is 0.906. The van der Waals surface area contributed by atoms with E-state index in [1.54, 1.807) is 25.3 Å². The second-order valence-electron chi connectivity index (χ2n) is 5.05. The molecule has 1 aliphatic rings. The zero-order valence-corrected chi connectivity index (χ0v) is 13.7. The number of carbonyl (C=O) groups is 1. The molecule has 1 aliphatic heterocycles. The van der Waals surface area contributed by atoms with Gasteiger partial charge in [-0.3, -0.25) is 4.79 Å². The minimum Gasteiger partial charge on any atom is -0.496 e. The average molecular weight is 362 g/mol. The van der Waals surface area contributed by atoms with E-state index in [0.29, 0.717) is 17.9 Å². The standard InChI is InChI=1S/C17H16BrNO3/c1-21-16-7-6-11(10-13(16)18)17(20)19-14-8-9-22-15-5-3-2-4-12(14)15/h2-7,10,14H,8-9H2,1H3,(H,19,20). The molecule has 114 valence electrons. The van der Waals surface area contributed by atoms with Crippen LogP contribution in [0.3, 0.4) is 0 Å². The molecule has 2 aromatic rings. The minimum absolute atomic E-state index is 0.0293. The Kier molecular flexibility index (Phi) is 4.34. The summed E-state index contributed by atoms with van der Waals surface area (Å²) in [5.74, 6) is 1.44. The number of fused-ring (bicyclic) bond motifs is 1. The Morgan fingerprint density at radius 2 is 2.14 bits per heavy atom. The van der Waals surface area contributed by atoms with Crippen LogP contribution in [0.1, 0.15) is 28.4 Å². The highest BCUT2D eigenvalue weighted by atomic mass is 79.9. The van der Waals surface area contributed by atoms with Crippen LogP contribution in [0.4, 0.5) is 0 Å². The van der Waals surface area contributed by atoms with Gasteiger partial charge in [0.15, 0.2) is 0 Å². The van der Waals surface area contributed by atoms with Crippen molar-refractivity contribution < 1.29 is 14.3 Å². The third-order valence-corrected chi connectivity index (χ3v) is 4.30. The van der Waals surface area contributed by atoms with Crippen molar-refractivity contribution >= 4 is 21.8 Å². The van der Waals surface area contributed by atoms with Crippen LogP contribution in [0.15, 0.2) is 46.9 Å². The smallest absolute Gasteiger partial charge is 0.251 e. The van der Waals surface area contributed by atoms with Crippen molar-refractivity contribution in [3.63, 3.8) is 0 Å². The molecule has 22 heavy (non-hydrogen) atoms. The van der Waals surface area contributed by atoms with E-state index in [1.165, 1.54) is 0 Å². The Morgan fingerprint density at radius 1 is 1.32 bits per heavy atom. The van der Waals surface area contributed by atoms with E-state index in [4.69, 9.17) is 9.47 Å². The third kappa shape index (κ3) is 2.95. The lowest BCUT2D eigenvalue weighted by molar-refractivity contribution is 0.0924. The zero-order valence-electron chi connectivity index (χ0n) is 12.1. The van der Waals surface area contributed by atoms with Crippen LogP contribution in [0.5, 0.6) is 11.5 Å². The lowest BCUT2D eigenvalue weighted by atomic mass is 10.00. The first kappa shape index (κ1) is 14.9. The van der Waals surface area contributed by atoms with Gasteiger partial charge in [0.25, 0.3) is 5.91 Å². The molecule has 1 unspecified atom stereocenters. The van der Waals surface area contributed by atoms with Crippen molar-refractivity contribution in [2.24, 2.45) is 0 Å². The topological polar surface area (TPSA) is 47.6 Å². The molecule has 0 saturated carbocycles. The number of amides is 1. The number of carbonyl (C=O) groups excluding carboxylic acids is 1. The number of ether oxygens (including phenoxy) is 2. The average Bonchev–Trinajstić information content (AvgIpc) is 2.55. The van der Waals surface area contributed by atoms with Gasteiger partial charge in [-0.2, -0.15) is 0 Å². The van der Waals surface area contributed by atoms with E-state index in [9.17, 15) is 4.79 Å². The fourth-order valence-electron chi connectivity index (χ4n) is 2.54. The Balaban J connectivity index is 1.79. The van der Waals surface area contributed by atoms with Crippen LogP contribution < -0.4 is 14.8 Å². The molecule has 1 heterocycles. The molecule has 2 aromatic carbocycles. The van der Waals surface area contributed by atoms with Crippen molar-refractivity contribution in [1.29, 1.82) is 0 Å². The van der Waals surface area contributed by atoms with Crippen molar-refractivity contribution in [3.8, 4) is 11.5 Å². The van der Waals surface area contributed by atoms with Crippen molar-refractivity contribution in [1.82, 2.24) is 5.32 Å². The molecule has 0 radical (unpaired) electrons. The molecule has 0 fully saturated rings. The van der Waals surface area contributed by atoms with Crippen LogP contribution in [0, 0.1) is 0 Å². The summed E-state index contributed by atoms with van der Waals surface area (Å²) in [7, 11) is 1.60. The van der Waals surface area contributed by atoms with Gasteiger partial charge in [-0.15, -0.1) is 0 Å². The molecule has 0 spiro atoms. The Labute approximate surface area is 137 Å². The summed E-state index contributed by atoms with van der Waals surface area (Å²) < 4.78 is 11.6. The predicted molar refractivity (Wildman–Crippen MR) is 87.5 cm³/mol. The second-order valence-corrected chi connectivity index (χ2v) is 5.90. The number of rotatable bonds is 3. The highest BCUT2D eigenvalue weighted by molar-refractivity contribution is 9.10. The van der Waals surface area contributed by atoms with Gasteiger partial charge in [0.2, 0.25) is 0 Å². The summed E-state index contributed by atoms with van der Waals surface area (Å²) in [6, 6.07) is 13.1. The number of hydrogen-bond acceptors (Lipinski definition) is 3. The van der Waals surface area contributed by atoms with Crippen LogP contribution in [0.2, 0.25) is 0 Å². The Hall–Kier alpha value is -2.01. The highest BCUT2D eigenvalue weighted by Gasteiger charge is 2.23. The van der Waals surface area contributed by atoms with Gasteiger partial charge in [0.05, 0.1) is 24.2 Å². The first-order valence-corrected chi connectivity index (χ1v) is 7.84. The molecule has 3 rings (SSSR count). The third-order valence-electron chi connectivity index (χ3n) is 3.68. The SMILES string of the molecule is COc1ccc(C(=O)NC2CCOc3ccccc32)cc1Br. The number of benzene rings is 2. The first-order chi connectivity index (χ1) is 10.7. The van der Waals surface area contributed by atoms with Gasteiger partial charge in [0, 0.05) is 17.5 Å². The Bertz CT molecular complexity index is 702. The summed E-state index contributed by atoms with van der Waals surface area (Å²) in [6.07, 6.45) is 0.764. The zero-order chi connectivity index (χ0) is 15.5. The maximum atomic E-state index is 12.5. The van der Waals surface area contributed by atoms with Gasteiger partial charge in [-0.1, -0.05) is 18.2 Å². The van der Waals surface area contributed by atoms with Gasteiger partial charge in [-0.25, -0.2) is 0 Å². The van der Waals surface area contributed by atoms with Gasteiger partial charge < -0.3 is 14.8 Å². The molecule has 4 nitrogen and oxygen atoms in total. The maximum absolute atomic E-state index is 12.5. The molecule has 1 atom stereocenters. The Morgan fingerprint density at radius 3 is 2.91 bits per heavy atom. The molecule has 0 bridgehead atoms. The van der Waals surface area contributed by atoms with Gasteiger partial charge in [-0.05, 0) is 40.2 Å². The van der Waals surface area contributed by atoms with Crippen LogP contribution in [-0.4, -0.2) is 19.6 Å². The number of hydrogen-bond donors (Lipinski definition) is 1. The molecule has 0 saturated heterocycles. The molecule has 1 N–H and O–H groups in total. The van der Waals surface area contributed by atoms with Crippen LogP contribution >= 0.6 is 15.9 Å². The second kappa shape index (κ2) is 6.40. The van der Waals surface area contributed by atoms with E-state index in [1.807, 2.05) is 24.3 Å². The molecule has 0 aromatic heterocycles. The molecule has 5 heteroatoms. The summed E-state index contributed by atoms with van der Waals surface area (Å²) in [4.78, 5) is 12.5. The van der Waals surface area contributed by atoms with E-state index in [0.717, 1.165) is 22.2 Å². The van der Waals surface area contributed by atoms with Crippen molar-refractivity contribution in [3.05, 3.63) is 58.1 Å². The summed E-state index contributed by atoms with van der Waals surface area (Å²) in [5.41, 5.74) is 1.62. The van der Waals surface area contributed by atoms with E-state index >= 15 is 0 Å². The van der Waals surface area contributed by atoms with Crippen molar-refractivity contribution in [2.75, 3.05) is 13.7 Å². The fraction of sp³-hybridized carbons (Fsp3) is 0.235. The summed E-state index contributed by atoms with van der Waals surface area (Å²) >= 11 is 3.40. The monoisotopic (exact) mass is 361 g/mol. The number of methoxy groups -OCH3 is 1. The van der Waals surface area contributed by atoms with Gasteiger partial charge >= 0.3 is 0 Å². The summed E-state index contributed by atoms with van der Waals surface area (Å²) in [5, 5.41) is 3.08. The number of nitrogens with one attached hydrogen (secondary N) is 1. The lowest BCUT2D eigenvalue weighted by Crippen LogP contribution is -2.32. The fourth-order valence-corrected chi connectivity index (χ4v) is 3.08. The molecular formula is C17H16BrNO3. The summed E-state index contributed by atoms with van der Waals surface area (Å²) in [6.45, 7) is 0.605. The number of halogens is 1. The largest absolute Gasteiger partial charge is 0.496 e. The molecule has 0 aliphatic carbocycles.